The van der Waals surface area contributed by atoms with Gasteiger partial charge in [0.15, 0.2) is 21.4 Å². The fourth-order valence-electron chi connectivity index (χ4n) is 4.81. The topological polar surface area (TPSA) is 96.0 Å². The number of rotatable bonds is 6. The van der Waals surface area contributed by atoms with E-state index in [4.69, 9.17) is 14.2 Å². The Hall–Kier alpha value is -2.24. The third kappa shape index (κ3) is 4.00. The summed E-state index contributed by atoms with van der Waals surface area (Å²) in [5.41, 5.74) is -0.373. The summed E-state index contributed by atoms with van der Waals surface area (Å²) in [5.74, 6) is -2.97. The van der Waals surface area contributed by atoms with Crippen molar-refractivity contribution in [3.8, 4) is 11.5 Å². The number of halogens is 2. The van der Waals surface area contributed by atoms with E-state index in [2.05, 4.69) is 0 Å². The summed E-state index contributed by atoms with van der Waals surface area (Å²) in [7, 11) is -6.25. The van der Waals surface area contributed by atoms with Gasteiger partial charge in [0.1, 0.15) is 26.2 Å². The lowest BCUT2D eigenvalue weighted by molar-refractivity contribution is -0.0732. The Bertz CT molecular complexity index is 1260. The maximum Gasteiger partial charge on any atom is 0.189 e. The molecule has 0 amide bonds. The molecule has 0 spiro atoms. The van der Waals surface area contributed by atoms with E-state index in [1.807, 2.05) is 0 Å². The summed E-state index contributed by atoms with van der Waals surface area (Å²) in [6.45, 7) is -0.340. The largest absolute Gasteiger partial charge is 0.497 e. The Labute approximate surface area is 191 Å². The van der Waals surface area contributed by atoms with Crippen LogP contribution in [-0.2, 0) is 29.2 Å². The average Bonchev–Trinajstić information content (AvgIpc) is 2.78. The smallest absolute Gasteiger partial charge is 0.189 e. The molecule has 1 fully saturated rings. The van der Waals surface area contributed by atoms with Gasteiger partial charge in [-0.1, -0.05) is 0 Å². The van der Waals surface area contributed by atoms with Crippen LogP contribution in [0, 0.1) is 17.6 Å². The van der Waals surface area contributed by atoms with Crippen LogP contribution in [0.2, 0.25) is 0 Å². The highest BCUT2D eigenvalue weighted by atomic mass is 32.2. The maximum atomic E-state index is 15.3. The van der Waals surface area contributed by atoms with Crippen LogP contribution < -0.4 is 9.47 Å². The Morgan fingerprint density at radius 3 is 2.36 bits per heavy atom. The predicted octanol–water partition coefficient (Wildman–Crippen LogP) is 2.87. The number of fused-ring (bicyclic) bond motifs is 3. The summed E-state index contributed by atoms with van der Waals surface area (Å²) in [4.78, 5) is -0.0893. The van der Waals surface area contributed by atoms with Crippen molar-refractivity contribution in [2.75, 3.05) is 32.3 Å². The van der Waals surface area contributed by atoms with Gasteiger partial charge in [0.2, 0.25) is 0 Å². The van der Waals surface area contributed by atoms with Gasteiger partial charge in [-0.2, -0.15) is 0 Å². The van der Waals surface area contributed by atoms with Gasteiger partial charge in [0.05, 0.1) is 36.0 Å². The second-order valence-electron chi connectivity index (χ2n) is 8.30. The quantitative estimate of drug-likeness (QED) is 0.599. The molecular formula is C22H24F2O7S2. The summed E-state index contributed by atoms with van der Waals surface area (Å²) >= 11 is 0. The van der Waals surface area contributed by atoms with Gasteiger partial charge in [0.25, 0.3) is 0 Å². The maximum absolute atomic E-state index is 15.3. The average molecular weight is 503 g/mol. The molecule has 2 heterocycles. The minimum atomic E-state index is -4.32. The van der Waals surface area contributed by atoms with Crippen LogP contribution in [0.3, 0.4) is 0 Å². The van der Waals surface area contributed by atoms with E-state index in [1.54, 1.807) is 0 Å². The first kappa shape index (κ1) is 23.9. The summed E-state index contributed by atoms with van der Waals surface area (Å²) in [6.07, 6.45) is 0.0769. The highest BCUT2D eigenvalue weighted by molar-refractivity contribution is 7.92. The zero-order valence-electron chi connectivity index (χ0n) is 18.1. The predicted molar refractivity (Wildman–Crippen MR) is 116 cm³/mol. The molecule has 0 unspecified atom stereocenters. The van der Waals surface area contributed by atoms with Crippen LogP contribution >= 0.6 is 0 Å². The molecule has 2 aliphatic rings. The van der Waals surface area contributed by atoms with E-state index in [-0.39, 0.29) is 42.3 Å². The Morgan fingerprint density at radius 2 is 1.73 bits per heavy atom. The van der Waals surface area contributed by atoms with Crippen LogP contribution in [0.1, 0.15) is 18.4 Å². The highest BCUT2D eigenvalue weighted by Gasteiger charge is 2.61. The van der Waals surface area contributed by atoms with E-state index in [0.717, 1.165) is 18.4 Å². The number of hydrogen-bond donors (Lipinski definition) is 0. The molecule has 2 aliphatic heterocycles. The van der Waals surface area contributed by atoms with Crippen molar-refractivity contribution < 1.29 is 39.8 Å². The summed E-state index contributed by atoms with van der Waals surface area (Å²) < 4.78 is 96.3. The van der Waals surface area contributed by atoms with E-state index in [0.29, 0.717) is 5.75 Å². The number of sulfone groups is 2. The van der Waals surface area contributed by atoms with Gasteiger partial charge >= 0.3 is 0 Å². The molecule has 2 aromatic rings. The third-order valence-corrected chi connectivity index (χ3v) is 9.90. The van der Waals surface area contributed by atoms with Crippen molar-refractivity contribution in [2.24, 2.45) is 5.92 Å². The van der Waals surface area contributed by atoms with Crippen molar-refractivity contribution in [1.82, 2.24) is 0 Å². The molecule has 180 valence electrons. The van der Waals surface area contributed by atoms with Gasteiger partial charge in [-0.15, -0.1) is 0 Å². The Morgan fingerprint density at radius 1 is 1.06 bits per heavy atom. The summed E-state index contributed by atoms with van der Waals surface area (Å²) in [5, 5.41) is 0. The van der Waals surface area contributed by atoms with E-state index in [1.165, 1.54) is 31.4 Å². The first-order chi connectivity index (χ1) is 15.5. The first-order valence-corrected chi connectivity index (χ1v) is 13.8. The molecule has 7 nitrogen and oxygen atoms in total. The fourth-order valence-corrected chi connectivity index (χ4v) is 7.81. The lowest BCUT2D eigenvalue weighted by Crippen LogP contribution is -2.57. The number of methoxy groups -OCH3 is 1. The van der Waals surface area contributed by atoms with Crippen molar-refractivity contribution >= 4 is 19.7 Å². The molecule has 0 bridgehead atoms. The Kier molecular flexibility index (Phi) is 6.17. The first-order valence-electron chi connectivity index (χ1n) is 10.3. The second-order valence-corrected chi connectivity index (χ2v) is 12.8. The van der Waals surface area contributed by atoms with Crippen molar-refractivity contribution in [3.05, 3.63) is 53.6 Å². The minimum Gasteiger partial charge on any atom is -0.497 e. The molecule has 0 aliphatic carbocycles. The van der Waals surface area contributed by atoms with Gasteiger partial charge < -0.3 is 14.2 Å². The minimum absolute atomic E-state index is 0.000982. The van der Waals surface area contributed by atoms with Gasteiger partial charge in [-0.25, -0.2) is 25.6 Å². The van der Waals surface area contributed by atoms with E-state index < -0.39 is 53.8 Å². The van der Waals surface area contributed by atoms with E-state index >= 15 is 4.39 Å². The molecule has 1 saturated heterocycles. The van der Waals surface area contributed by atoms with Crippen LogP contribution in [0.25, 0.3) is 0 Å². The fraction of sp³-hybridized carbons (Fsp3) is 0.455. The van der Waals surface area contributed by atoms with E-state index in [9.17, 15) is 21.2 Å². The SMILES string of the molecule is COc1ccc(S(=O)(=O)[C@@]23CCO[C@@H](CCS(C)(=O)=O)[C@@H]2COc2c(F)ccc(F)c23)cc1. The highest BCUT2D eigenvalue weighted by Crippen LogP contribution is 2.55. The van der Waals surface area contributed by atoms with Crippen molar-refractivity contribution in [3.63, 3.8) is 0 Å². The number of hydrogen-bond acceptors (Lipinski definition) is 7. The Balaban J connectivity index is 1.93. The molecule has 0 saturated carbocycles. The van der Waals surface area contributed by atoms with Gasteiger partial charge in [-0.05, 0) is 49.2 Å². The lowest BCUT2D eigenvalue weighted by atomic mass is 9.75. The molecule has 0 aromatic heterocycles. The van der Waals surface area contributed by atoms with Gasteiger partial charge in [-0.3, -0.25) is 0 Å². The normalized spacial score (nSPS) is 25.0. The van der Waals surface area contributed by atoms with Crippen LogP contribution in [0.15, 0.2) is 41.3 Å². The van der Waals surface area contributed by atoms with Crippen LogP contribution in [-0.4, -0.2) is 55.3 Å². The third-order valence-electron chi connectivity index (χ3n) is 6.36. The van der Waals surface area contributed by atoms with Crippen LogP contribution in [0.5, 0.6) is 11.5 Å². The second kappa shape index (κ2) is 8.52. The van der Waals surface area contributed by atoms with Crippen LogP contribution in [0.4, 0.5) is 8.78 Å². The van der Waals surface area contributed by atoms with Gasteiger partial charge in [0, 0.05) is 18.8 Å². The standard InChI is InChI=1S/C22H24F2O7S2/c1-29-14-3-5-15(6-4-14)33(27,28)22-10-11-30-19(9-12-32(2,25)26)16(22)13-31-21-18(24)8-7-17(23)20(21)22/h3-8,16,19H,9-13H2,1-2H3/t16-,19-,22-/m0/s1. The summed E-state index contributed by atoms with van der Waals surface area (Å²) in [6, 6.07) is 7.43. The molecule has 0 N–H and O–H groups in total. The zero-order valence-corrected chi connectivity index (χ0v) is 19.7. The van der Waals surface area contributed by atoms with Crippen molar-refractivity contribution in [1.29, 1.82) is 0 Å². The molecular weight excluding hydrogens is 478 g/mol. The molecule has 11 heteroatoms. The molecule has 4 rings (SSSR count). The zero-order chi connectivity index (χ0) is 24.0. The molecule has 3 atom stereocenters. The molecule has 33 heavy (non-hydrogen) atoms. The van der Waals surface area contributed by atoms with Crippen molar-refractivity contribution in [2.45, 2.75) is 28.6 Å². The molecule has 2 aromatic carbocycles. The lowest BCUT2D eigenvalue weighted by Gasteiger charge is -2.50. The number of ether oxygens (including phenoxy) is 3. The number of benzene rings is 2. The monoisotopic (exact) mass is 502 g/mol. The molecule has 0 radical (unpaired) electrons.